The highest BCUT2D eigenvalue weighted by Gasteiger charge is 2.18. The number of anilines is 1. The Balaban J connectivity index is 1.84. The van der Waals surface area contributed by atoms with Crippen molar-refractivity contribution >= 4 is 17.6 Å². The Morgan fingerprint density at radius 3 is 2.04 bits per heavy atom. The maximum atomic E-state index is 12.8. The number of nitrogens with two attached hydrogens (primary N) is 1. The summed E-state index contributed by atoms with van der Waals surface area (Å²) in [4.78, 5) is 23.7. The van der Waals surface area contributed by atoms with Gasteiger partial charge in [0, 0.05) is 11.3 Å². The molecule has 0 spiro atoms. The number of benzene rings is 3. The molecule has 4 N–H and O–H groups in total. The number of primary amides is 1. The van der Waals surface area contributed by atoms with Crippen molar-refractivity contribution in [1.29, 1.82) is 0 Å². The third-order valence-corrected chi connectivity index (χ3v) is 4.27. The van der Waals surface area contributed by atoms with E-state index in [1.807, 2.05) is 54.6 Å². The molecule has 0 aliphatic rings. The zero-order chi connectivity index (χ0) is 19.9. The van der Waals surface area contributed by atoms with Crippen LogP contribution in [0.1, 0.15) is 27.5 Å². The molecule has 3 aromatic rings. The van der Waals surface area contributed by atoms with Crippen LogP contribution in [0.3, 0.4) is 0 Å². The van der Waals surface area contributed by atoms with Gasteiger partial charge in [0.1, 0.15) is 5.75 Å². The summed E-state index contributed by atoms with van der Waals surface area (Å²) in [6, 6.07) is 22.9. The number of hydrogen-bond acceptors (Lipinski definition) is 3. The molecule has 0 saturated heterocycles. The highest BCUT2D eigenvalue weighted by Crippen LogP contribution is 2.24. The van der Waals surface area contributed by atoms with E-state index in [0.29, 0.717) is 11.3 Å². The minimum absolute atomic E-state index is 0.227. The number of nitrogens with one attached hydrogen (secondary N) is 2. The van der Waals surface area contributed by atoms with Crippen LogP contribution in [0.2, 0.25) is 0 Å². The van der Waals surface area contributed by atoms with Gasteiger partial charge < -0.3 is 21.1 Å². The predicted molar refractivity (Wildman–Crippen MR) is 108 cm³/mol. The fourth-order valence-electron chi connectivity index (χ4n) is 2.86. The number of methoxy groups -OCH3 is 1. The first-order valence-corrected chi connectivity index (χ1v) is 8.73. The molecule has 0 heterocycles. The monoisotopic (exact) mass is 375 g/mol. The summed E-state index contributed by atoms with van der Waals surface area (Å²) in [6.07, 6.45) is 0. The first-order valence-electron chi connectivity index (χ1n) is 8.73. The lowest BCUT2D eigenvalue weighted by molar-refractivity contribution is 0.0943. The first-order chi connectivity index (χ1) is 13.6. The second kappa shape index (κ2) is 8.73. The molecule has 0 bridgehead atoms. The standard InChI is InChI=1S/C22H21N3O3/c1-28-19-13-9-16(10-14-19)20(15-5-3-2-4-6-15)25-21(26)17-7-11-18(12-8-17)24-22(23)27/h2-14,20H,1H3,(H,25,26)(H3,23,24,27)/t20-/m1/s1. The normalized spacial score (nSPS) is 11.3. The average Bonchev–Trinajstić information content (AvgIpc) is 2.73. The van der Waals surface area contributed by atoms with Gasteiger partial charge in [-0.05, 0) is 47.5 Å². The third-order valence-electron chi connectivity index (χ3n) is 4.27. The molecule has 0 radical (unpaired) electrons. The average molecular weight is 375 g/mol. The summed E-state index contributed by atoms with van der Waals surface area (Å²) in [5, 5.41) is 5.54. The SMILES string of the molecule is COc1ccc([C@H](NC(=O)c2ccc(NC(N)=O)cc2)c2ccccc2)cc1. The van der Waals surface area contributed by atoms with Gasteiger partial charge in [-0.25, -0.2) is 4.79 Å². The van der Waals surface area contributed by atoms with Crippen molar-refractivity contribution in [3.05, 3.63) is 95.6 Å². The third kappa shape index (κ3) is 4.67. The number of carbonyl (C=O) groups excluding carboxylic acids is 2. The first kappa shape index (κ1) is 19.0. The van der Waals surface area contributed by atoms with Crippen molar-refractivity contribution in [2.24, 2.45) is 5.73 Å². The number of ether oxygens (including phenoxy) is 1. The Hall–Kier alpha value is -3.80. The molecule has 0 aromatic heterocycles. The summed E-state index contributed by atoms with van der Waals surface area (Å²) in [7, 11) is 1.61. The van der Waals surface area contributed by atoms with Gasteiger partial charge in [-0.3, -0.25) is 4.79 Å². The number of rotatable bonds is 6. The van der Waals surface area contributed by atoms with E-state index in [1.165, 1.54) is 0 Å². The highest BCUT2D eigenvalue weighted by molar-refractivity contribution is 5.95. The van der Waals surface area contributed by atoms with Crippen LogP contribution in [0.5, 0.6) is 5.75 Å². The number of urea groups is 1. The maximum absolute atomic E-state index is 12.8. The fourth-order valence-corrected chi connectivity index (χ4v) is 2.86. The minimum atomic E-state index is -0.652. The number of hydrogen-bond donors (Lipinski definition) is 3. The number of amides is 3. The molecule has 6 heteroatoms. The van der Waals surface area contributed by atoms with Crippen LogP contribution in [0.25, 0.3) is 0 Å². The molecule has 28 heavy (non-hydrogen) atoms. The van der Waals surface area contributed by atoms with E-state index in [9.17, 15) is 9.59 Å². The van der Waals surface area contributed by atoms with Gasteiger partial charge in [-0.15, -0.1) is 0 Å². The lowest BCUT2D eigenvalue weighted by Crippen LogP contribution is -2.29. The van der Waals surface area contributed by atoms with Crippen molar-refractivity contribution in [2.45, 2.75) is 6.04 Å². The largest absolute Gasteiger partial charge is 0.497 e. The quantitative estimate of drug-likeness (QED) is 0.613. The Morgan fingerprint density at radius 1 is 0.857 bits per heavy atom. The van der Waals surface area contributed by atoms with Gasteiger partial charge >= 0.3 is 6.03 Å². The van der Waals surface area contributed by atoms with E-state index in [-0.39, 0.29) is 11.9 Å². The van der Waals surface area contributed by atoms with Gasteiger partial charge in [0.05, 0.1) is 13.2 Å². The predicted octanol–water partition coefficient (Wildman–Crippen LogP) is 3.71. The zero-order valence-electron chi connectivity index (χ0n) is 15.4. The molecule has 0 fully saturated rings. The maximum Gasteiger partial charge on any atom is 0.316 e. The minimum Gasteiger partial charge on any atom is -0.497 e. The Labute approximate surface area is 163 Å². The molecule has 0 aliphatic heterocycles. The van der Waals surface area contributed by atoms with Gasteiger partial charge in [-0.1, -0.05) is 42.5 Å². The van der Waals surface area contributed by atoms with Crippen molar-refractivity contribution in [3.8, 4) is 5.75 Å². The molecule has 6 nitrogen and oxygen atoms in total. The summed E-state index contributed by atoms with van der Waals surface area (Å²) in [5.41, 5.74) is 8.01. The van der Waals surface area contributed by atoms with Crippen LogP contribution in [-0.4, -0.2) is 19.0 Å². The van der Waals surface area contributed by atoms with E-state index < -0.39 is 6.03 Å². The van der Waals surface area contributed by atoms with Gasteiger partial charge in [0.25, 0.3) is 5.91 Å². The van der Waals surface area contributed by atoms with E-state index in [0.717, 1.165) is 16.9 Å². The summed E-state index contributed by atoms with van der Waals surface area (Å²) >= 11 is 0. The number of carbonyl (C=O) groups is 2. The zero-order valence-corrected chi connectivity index (χ0v) is 15.4. The van der Waals surface area contributed by atoms with Crippen LogP contribution < -0.4 is 21.1 Å². The molecular weight excluding hydrogens is 354 g/mol. The summed E-state index contributed by atoms with van der Waals surface area (Å²) < 4.78 is 5.22. The van der Waals surface area contributed by atoms with Crippen LogP contribution in [0.15, 0.2) is 78.9 Å². The molecule has 3 aromatic carbocycles. The van der Waals surface area contributed by atoms with Crippen LogP contribution in [-0.2, 0) is 0 Å². The lowest BCUT2D eigenvalue weighted by Gasteiger charge is -2.20. The molecule has 0 saturated carbocycles. The Bertz CT molecular complexity index is 939. The summed E-state index contributed by atoms with van der Waals surface area (Å²) in [6.45, 7) is 0. The van der Waals surface area contributed by atoms with Gasteiger partial charge in [0.15, 0.2) is 0 Å². The van der Waals surface area contributed by atoms with Crippen LogP contribution in [0, 0.1) is 0 Å². The van der Waals surface area contributed by atoms with Gasteiger partial charge in [-0.2, -0.15) is 0 Å². The molecule has 3 rings (SSSR count). The highest BCUT2D eigenvalue weighted by atomic mass is 16.5. The molecule has 0 aliphatic carbocycles. The second-order valence-corrected chi connectivity index (χ2v) is 6.16. The van der Waals surface area contributed by atoms with Gasteiger partial charge in [0.2, 0.25) is 0 Å². The fraction of sp³-hybridized carbons (Fsp3) is 0.0909. The molecular formula is C22H21N3O3. The molecule has 142 valence electrons. The van der Waals surface area contributed by atoms with E-state index >= 15 is 0 Å². The molecule has 1 atom stereocenters. The van der Waals surface area contributed by atoms with Crippen molar-refractivity contribution in [2.75, 3.05) is 12.4 Å². The Kier molecular flexibility index (Phi) is 5.91. The molecule has 3 amide bonds. The topological polar surface area (TPSA) is 93.4 Å². The van der Waals surface area contributed by atoms with E-state index in [1.54, 1.807) is 31.4 Å². The van der Waals surface area contributed by atoms with Crippen LogP contribution in [0.4, 0.5) is 10.5 Å². The van der Waals surface area contributed by atoms with Crippen molar-refractivity contribution in [3.63, 3.8) is 0 Å². The van der Waals surface area contributed by atoms with Crippen molar-refractivity contribution < 1.29 is 14.3 Å². The van der Waals surface area contributed by atoms with Crippen LogP contribution >= 0.6 is 0 Å². The second-order valence-electron chi connectivity index (χ2n) is 6.16. The smallest absolute Gasteiger partial charge is 0.316 e. The van der Waals surface area contributed by atoms with Crippen molar-refractivity contribution in [1.82, 2.24) is 5.32 Å². The van der Waals surface area contributed by atoms with E-state index in [2.05, 4.69) is 10.6 Å². The lowest BCUT2D eigenvalue weighted by atomic mass is 9.98. The van der Waals surface area contributed by atoms with E-state index in [4.69, 9.17) is 10.5 Å². The Morgan fingerprint density at radius 2 is 1.46 bits per heavy atom. The summed E-state index contributed by atoms with van der Waals surface area (Å²) in [5.74, 6) is 0.523. The molecule has 0 unspecified atom stereocenters.